The number of rotatable bonds is 4. The molecule has 2 heterocycles. The van der Waals surface area contributed by atoms with E-state index in [9.17, 15) is 4.79 Å². The van der Waals surface area contributed by atoms with E-state index in [-0.39, 0.29) is 5.56 Å². The Morgan fingerprint density at radius 2 is 2.32 bits per heavy atom. The Hall–Kier alpha value is -1.47. The second-order valence-electron chi connectivity index (χ2n) is 4.06. The lowest BCUT2D eigenvalue weighted by Crippen LogP contribution is -2.19. The van der Waals surface area contributed by atoms with Crippen LogP contribution in [-0.2, 0) is 6.54 Å². The van der Waals surface area contributed by atoms with Gasteiger partial charge in [0.25, 0.3) is 0 Å². The Labute approximate surface area is 123 Å². The average Bonchev–Trinajstić information content (AvgIpc) is 2.74. The van der Waals surface area contributed by atoms with Crippen LogP contribution in [-0.4, -0.2) is 28.1 Å². The molecular weight excluding hydrogens is 330 g/mol. The van der Waals surface area contributed by atoms with Crippen molar-refractivity contribution >= 4 is 39.2 Å². The van der Waals surface area contributed by atoms with Crippen molar-refractivity contribution in [1.82, 2.24) is 9.97 Å². The highest BCUT2D eigenvalue weighted by molar-refractivity contribution is 9.10. The van der Waals surface area contributed by atoms with E-state index >= 15 is 0 Å². The van der Waals surface area contributed by atoms with E-state index in [0.717, 1.165) is 4.47 Å². The normalized spacial score (nSPS) is 10.5. The molecule has 0 aromatic carbocycles. The van der Waals surface area contributed by atoms with Gasteiger partial charge in [-0.25, -0.2) is 14.8 Å². The molecule has 0 fully saturated rings. The van der Waals surface area contributed by atoms with Crippen molar-refractivity contribution in [2.75, 3.05) is 11.9 Å². The van der Waals surface area contributed by atoms with Gasteiger partial charge in [-0.05, 0) is 28.9 Å². The van der Waals surface area contributed by atoms with Gasteiger partial charge in [-0.1, -0.05) is 0 Å². The van der Waals surface area contributed by atoms with Crippen molar-refractivity contribution in [3.8, 4) is 0 Å². The molecule has 0 aliphatic heterocycles. The second-order valence-corrected chi connectivity index (χ2v) is 5.97. The predicted molar refractivity (Wildman–Crippen MR) is 77.9 cm³/mol. The van der Waals surface area contributed by atoms with E-state index in [1.807, 2.05) is 23.4 Å². The third-order valence-electron chi connectivity index (χ3n) is 2.55. The minimum atomic E-state index is -1.01. The number of halogens is 1. The maximum atomic E-state index is 10.9. The number of carboxylic acids is 1. The lowest BCUT2D eigenvalue weighted by atomic mass is 10.2. The monoisotopic (exact) mass is 341 g/mol. The molecule has 0 atom stereocenters. The highest BCUT2D eigenvalue weighted by atomic mass is 79.9. The number of carbonyl (C=O) groups is 1. The standard InChI is InChI=1S/C12H12BrN3O2S/c1-7-10(11(17)18)4-14-12(15-7)16(2)5-9-3-8(13)6-19-9/h3-4,6H,5H2,1-2H3,(H,17,18). The molecule has 19 heavy (non-hydrogen) atoms. The number of aryl methyl sites for hydroxylation is 1. The van der Waals surface area contributed by atoms with E-state index < -0.39 is 5.97 Å². The number of aromatic nitrogens is 2. The average molecular weight is 342 g/mol. The summed E-state index contributed by atoms with van der Waals surface area (Å²) in [5, 5.41) is 11.0. The molecule has 100 valence electrons. The summed E-state index contributed by atoms with van der Waals surface area (Å²) >= 11 is 5.06. The minimum Gasteiger partial charge on any atom is -0.478 e. The topological polar surface area (TPSA) is 66.3 Å². The van der Waals surface area contributed by atoms with Gasteiger partial charge in [0.2, 0.25) is 5.95 Å². The summed E-state index contributed by atoms with van der Waals surface area (Å²) in [5.41, 5.74) is 0.604. The molecule has 2 aromatic heterocycles. The molecule has 0 bridgehead atoms. The number of nitrogens with zero attached hydrogens (tertiary/aromatic N) is 3. The summed E-state index contributed by atoms with van der Waals surface area (Å²) in [6.07, 6.45) is 1.35. The van der Waals surface area contributed by atoms with E-state index in [2.05, 4.69) is 25.9 Å². The fourth-order valence-electron chi connectivity index (χ4n) is 1.59. The molecule has 0 saturated carbocycles. The molecule has 0 radical (unpaired) electrons. The van der Waals surface area contributed by atoms with E-state index in [1.54, 1.807) is 18.3 Å². The maximum Gasteiger partial charge on any atom is 0.339 e. The molecule has 2 rings (SSSR count). The molecular formula is C12H12BrN3O2S. The van der Waals surface area contributed by atoms with Crippen molar-refractivity contribution in [2.24, 2.45) is 0 Å². The fraction of sp³-hybridized carbons (Fsp3) is 0.250. The van der Waals surface area contributed by atoms with Crippen molar-refractivity contribution in [3.05, 3.63) is 38.3 Å². The van der Waals surface area contributed by atoms with Crippen LogP contribution in [0, 0.1) is 6.92 Å². The van der Waals surface area contributed by atoms with Gasteiger partial charge in [0, 0.05) is 28.0 Å². The minimum absolute atomic E-state index is 0.135. The zero-order chi connectivity index (χ0) is 14.0. The van der Waals surface area contributed by atoms with Crippen molar-refractivity contribution < 1.29 is 9.90 Å². The van der Waals surface area contributed by atoms with E-state index in [4.69, 9.17) is 5.11 Å². The molecule has 7 heteroatoms. The Morgan fingerprint density at radius 1 is 1.58 bits per heavy atom. The summed E-state index contributed by atoms with van der Waals surface area (Å²) in [6, 6.07) is 2.04. The van der Waals surface area contributed by atoms with Crippen LogP contribution in [0.3, 0.4) is 0 Å². The highest BCUT2D eigenvalue weighted by Gasteiger charge is 2.12. The molecule has 0 aliphatic rings. The van der Waals surface area contributed by atoms with Crippen LogP contribution in [0.4, 0.5) is 5.95 Å². The van der Waals surface area contributed by atoms with Crippen LogP contribution in [0.15, 0.2) is 22.1 Å². The van der Waals surface area contributed by atoms with Gasteiger partial charge < -0.3 is 10.0 Å². The van der Waals surface area contributed by atoms with Crippen molar-refractivity contribution in [3.63, 3.8) is 0 Å². The number of carboxylic acid groups (broad SMARTS) is 1. The number of hydrogen-bond donors (Lipinski definition) is 1. The first-order chi connectivity index (χ1) is 8.97. The van der Waals surface area contributed by atoms with Gasteiger partial charge in [-0.3, -0.25) is 0 Å². The van der Waals surface area contributed by atoms with Crippen LogP contribution >= 0.6 is 27.3 Å². The first-order valence-electron chi connectivity index (χ1n) is 5.48. The Balaban J connectivity index is 2.17. The Bertz CT molecular complexity index is 615. The first kappa shape index (κ1) is 14.0. The van der Waals surface area contributed by atoms with Gasteiger partial charge in [0.05, 0.1) is 17.8 Å². The Kier molecular flexibility index (Phi) is 4.16. The molecule has 5 nitrogen and oxygen atoms in total. The van der Waals surface area contributed by atoms with Crippen LogP contribution in [0.25, 0.3) is 0 Å². The van der Waals surface area contributed by atoms with Crippen LogP contribution in [0.5, 0.6) is 0 Å². The molecule has 0 amide bonds. The van der Waals surface area contributed by atoms with Crippen LogP contribution < -0.4 is 4.90 Å². The lowest BCUT2D eigenvalue weighted by Gasteiger charge is -2.16. The number of hydrogen-bond acceptors (Lipinski definition) is 5. The van der Waals surface area contributed by atoms with Gasteiger partial charge >= 0.3 is 5.97 Å². The zero-order valence-electron chi connectivity index (χ0n) is 10.4. The largest absolute Gasteiger partial charge is 0.478 e. The number of aromatic carboxylic acids is 1. The SMILES string of the molecule is Cc1nc(N(C)Cc2cc(Br)cs2)ncc1C(=O)O. The molecule has 0 saturated heterocycles. The third kappa shape index (κ3) is 3.30. The molecule has 1 N–H and O–H groups in total. The summed E-state index contributed by atoms with van der Waals surface area (Å²) in [6.45, 7) is 2.35. The fourth-order valence-corrected chi connectivity index (χ4v) is 3.09. The van der Waals surface area contributed by atoms with Gasteiger partial charge in [-0.15, -0.1) is 11.3 Å². The van der Waals surface area contributed by atoms with Gasteiger partial charge in [0.15, 0.2) is 0 Å². The number of thiophene rings is 1. The van der Waals surface area contributed by atoms with Crippen LogP contribution in [0.1, 0.15) is 20.9 Å². The summed E-state index contributed by atoms with van der Waals surface area (Å²) in [5.74, 6) is -0.485. The molecule has 0 unspecified atom stereocenters. The predicted octanol–water partition coefficient (Wildman–Crippen LogP) is 2.94. The van der Waals surface area contributed by atoms with Gasteiger partial charge in [0.1, 0.15) is 0 Å². The quantitative estimate of drug-likeness (QED) is 0.925. The maximum absolute atomic E-state index is 10.9. The van der Waals surface area contributed by atoms with Gasteiger partial charge in [-0.2, -0.15) is 0 Å². The van der Waals surface area contributed by atoms with Crippen LogP contribution in [0.2, 0.25) is 0 Å². The number of anilines is 1. The molecule has 0 spiro atoms. The lowest BCUT2D eigenvalue weighted by molar-refractivity contribution is 0.0695. The molecule has 0 aliphatic carbocycles. The van der Waals surface area contributed by atoms with E-state index in [1.165, 1.54) is 11.1 Å². The third-order valence-corrected chi connectivity index (χ3v) is 4.24. The Morgan fingerprint density at radius 3 is 2.84 bits per heavy atom. The first-order valence-corrected chi connectivity index (χ1v) is 7.15. The van der Waals surface area contributed by atoms with Crippen molar-refractivity contribution in [1.29, 1.82) is 0 Å². The summed E-state index contributed by atoms with van der Waals surface area (Å²) in [4.78, 5) is 22.3. The van der Waals surface area contributed by atoms with Crippen molar-refractivity contribution in [2.45, 2.75) is 13.5 Å². The van der Waals surface area contributed by atoms with E-state index in [0.29, 0.717) is 18.2 Å². The smallest absolute Gasteiger partial charge is 0.339 e. The summed E-state index contributed by atoms with van der Waals surface area (Å²) < 4.78 is 1.05. The zero-order valence-corrected chi connectivity index (χ0v) is 12.8. The molecule has 2 aromatic rings. The summed E-state index contributed by atoms with van der Waals surface area (Å²) in [7, 11) is 1.88. The second kappa shape index (κ2) is 5.66. The highest BCUT2D eigenvalue weighted by Crippen LogP contribution is 2.22.